The Bertz CT molecular complexity index is 848. The van der Waals surface area contributed by atoms with E-state index in [1.54, 1.807) is 18.3 Å². The maximum Gasteiger partial charge on any atom is 0.319 e. The highest BCUT2D eigenvalue weighted by molar-refractivity contribution is 7.89. The molecule has 3 rings (SSSR count). The van der Waals surface area contributed by atoms with Gasteiger partial charge in [-0.15, -0.1) is 0 Å². The van der Waals surface area contributed by atoms with Crippen molar-refractivity contribution in [3.05, 3.63) is 54.4 Å². The van der Waals surface area contributed by atoms with Gasteiger partial charge in [0.2, 0.25) is 10.0 Å². The molecule has 0 atom stereocenters. The Labute approximate surface area is 159 Å². The number of carbonyl (C=O) groups is 1. The Balaban J connectivity index is 1.48. The maximum atomic E-state index is 12.4. The zero-order valence-corrected chi connectivity index (χ0v) is 15.8. The first-order valence-electron chi connectivity index (χ1n) is 9.10. The first-order valence-corrected chi connectivity index (χ1v) is 10.6. The molecule has 1 aromatic heterocycles. The molecule has 1 heterocycles. The van der Waals surface area contributed by atoms with E-state index in [1.165, 1.54) is 12.1 Å². The van der Waals surface area contributed by atoms with E-state index < -0.39 is 10.0 Å². The van der Waals surface area contributed by atoms with Crippen molar-refractivity contribution in [2.24, 2.45) is 0 Å². The van der Waals surface area contributed by atoms with Crippen LogP contribution in [-0.4, -0.2) is 32.0 Å². The van der Waals surface area contributed by atoms with Crippen molar-refractivity contribution >= 4 is 21.7 Å². The van der Waals surface area contributed by atoms with Crippen LogP contribution in [0.15, 0.2) is 53.6 Å². The fraction of sp³-hybridized carbons (Fsp3) is 0.368. The Morgan fingerprint density at radius 1 is 1.07 bits per heavy atom. The fourth-order valence-corrected chi connectivity index (χ4v) is 4.38. The number of aromatic nitrogens is 1. The van der Waals surface area contributed by atoms with Crippen LogP contribution in [0.4, 0.5) is 10.5 Å². The van der Waals surface area contributed by atoms with Crippen molar-refractivity contribution in [3.8, 4) is 0 Å². The number of anilines is 1. The number of rotatable bonds is 7. The van der Waals surface area contributed by atoms with Gasteiger partial charge in [-0.1, -0.05) is 18.9 Å². The van der Waals surface area contributed by atoms with Gasteiger partial charge in [0.05, 0.1) is 4.90 Å². The van der Waals surface area contributed by atoms with E-state index in [2.05, 4.69) is 20.3 Å². The van der Waals surface area contributed by atoms with Crippen LogP contribution < -0.4 is 15.4 Å². The van der Waals surface area contributed by atoms with Gasteiger partial charge in [-0.3, -0.25) is 4.98 Å². The van der Waals surface area contributed by atoms with E-state index in [0.717, 1.165) is 31.4 Å². The van der Waals surface area contributed by atoms with Gasteiger partial charge in [-0.2, -0.15) is 0 Å². The van der Waals surface area contributed by atoms with Crippen LogP contribution >= 0.6 is 0 Å². The van der Waals surface area contributed by atoms with Crippen LogP contribution in [0, 0.1) is 0 Å². The van der Waals surface area contributed by atoms with E-state index in [1.807, 2.05) is 18.2 Å². The van der Waals surface area contributed by atoms with E-state index >= 15 is 0 Å². The highest BCUT2D eigenvalue weighted by Crippen LogP contribution is 2.21. The highest BCUT2D eigenvalue weighted by Gasteiger charge is 2.22. The number of carbonyl (C=O) groups excluding carboxylic acids is 1. The van der Waals surface area contributed by atoms with E-state index in [0.29, 0.717) is 18.7 Å². The van der Waals surface area contributed by atoms with Gasteiger partial charge in [0.25, 0.3) is 0 Å². The van der Waals surface area contributed by atoms with Crippen molar-refractivity contribution < 1.29 is 13.2 Å². The molecule has 2 amide bonds. The van der Waals surface area contributed by atoms with Crippen LogP contribution in [0.25, 0.3) is 0 Å². The molecule has 0 saturated heterocycles. The van der Waals surface area contributed by atoms with Gasteiger partial charge in [0.1, 0.15) is 0 Å². The molecule has 0 unspecified atom stereocenters. The Hall–Kier alpha value is -2.45. The predicted octanol–water partition coefficient (Wildman–Crippen LogP) is 2.67. The lowest BCUT2D eigenvalue weighted by atomic mass is 10.3. The number of nitrogens with one attached hydrogen (secondary N) is 3. The molecule has 1 fully saturated rings. The van der Waals surface area contributed by atoms with Gasteiger partial charge < -0.3 is 10.6 Å². The molecule has 7 nitrogen and oxygen atoms in total. The minimum atomic E-state index is -3.52. The lowest BCUT2D eigenvalue weighted by Gasteiger charge is -2.13. The van der Waals surface area contributed by atoms with Crippen LogP contribution in [0.1, 0.15) is 31.4 Å². The van der Waals surface area contributed by atoms with Gasteiger partial charge in [0.15, 0.2) is 0 Å². The number of sulfonamides is 1. The molecule has 0 spiro atoms. The molecule has 144 valence electrons. The summed E-state index contributed by atoms with van der Waals surface area (Å²) >= 11 is 0. The second-order valence-electron chi connectivity index (χ2n) is 6.58. The molecule has 1 aliphatic rings. The molecule has 2 aromatic rings. The van der Waals surface area contributed by atoms with Crippen LogP contribution in [0.2, 0.25) is 0 Å². The SMILES string of the molecule is O=C(NCCc1ccccn1)Nc1ccc(S(=O)(=O)NC2CCCC2)cc1. The fourth-order valence-electron chi connectivity index (χ4n) is 3.07. The Morgan fingerprint density at radius 2 is 1.81 bits per heavy atom. The monoisotopic (exact) mass is 388 g/mol. The van der Waals surface area contributed by atoms with Crippen molar-refractivity contribution in [1.82, 2.24) is 15.0 Å². The first-order chi connectivity index (χ1) is 13.0. The quantitative estimate of drug-likeness (QED) is 0.679. The molecule has 3 N–H and O–H groups in total. The second kappa shape index (κ2) is 8.96. The van der Waals surface area contributed by atoms with Crippen molar-refractivity contribution in [3.63, 3.8) is 0 Å². The third-order valence-electron chi connectivity index (χ3n) is 4.49. The number of hydrogen-bond acceptors (Lipinski definition) is 4. The van der Waals surface area contributed by atoms with Gasteiger partial charge in [-0.25, -0.2) is 17.9 Å². The zero-order valence-electron chi connectivity index (χ0n) is 15.0. The van der Waals surface area contributed by atoms with Gasteiger partial charge in [-0.05, 0) is 49.2 Å². The molecular weight excluding hydrogens is 364 g/mol. The average Bonchev–Trinajstić information content (AvgIpc) is 3.15. The smallest absolute Gasteiger partial charge is 0.319 e. The van der Waals surface area contributed by atoms with E-state index in [-0.39, 0.29) is 17.0 Å². The standard InChI is InChI=1S/C19H24N4O3S/c24-19(21-14-12-15-5-3-4-13-20-15)22-16-8-10-18(11-9-16)27(25,26)23-17-6-1-2-7-17/h3-5,8-11,13,17,23H,1-2,6-7,12,14H2,(H2,21,22,24). The number of pyridine rings is 1. The van der Waals surface area contributed by atoms with Crippen LogP contribution in [0.3, 0.4) is 0 Å². The summed E-state index contributed by atoms with van der Waals surface area (Å²) in [6.45, 7) is 0.459. The highest BCUT2D eigenvalue weighted by atomic mass is 32.2. The summed E-state index contributed by atoms with van der Waals surface area (Å²) in [4.78, 5) is 16.3. The molecule has 1 aliphatic carbocycles. The summed E-state index contributed by atoms with van der Waals surface area (Å²) in [6.07, 6.45) is 6.25. The first kappa shape index (κ1) is 19.3. The van der Waals surface area contributed by atoms with Crippen molar-refractivity contribution in [1.29, 1.82) is 0 Å². The summed E-state index contributed by atoms with van der Waals surface area (Å²) in [6, 6.07) is 11.5. The minimum absolute atomic E-state index is 0.0256. The number of urea groups is 1. The molecule has 0 radical (unpaired) electrons. The van der Waals surface area contributed by atoms with Crippen LogP contribution in [-0.2, 0) is 16.4 Å². The lowest BCUT2D eigenvalue weighted by Crippen LogP contribution is -2.32. The molecule has 1 aromatic carbocycles. The molecular formula is C19H24N4O3S. The van der Waals surface area contributed by atoms with E-state index in [9.17, 15) is 13.2 Å². The average molecular weight is 388 g/mol. The van der Waals surface area contributed by atoms with E-state index in [4.69, 9.17) is 0 Å². The minimum Gasteiger partial charge on any atom is -0.337 e. The number of hydrogen-bond donors (Lipinski definition) is 3. The van der Waals surface area contributed by atoms with Crippen LogP contribution in [0.5, 0.6) is 0 Å². The molecule has 27 heavy (non-hydrogen) atoms. The molecule has 0 bridgehead atoms. The molecule has 8 heteroatoms. The topological polar surface area (TPSA) is 100 Å². The number of nitrogens with zero attached hydrogens (tertiary/aromatic N) is 1. The Kier molecular flexibility index (Phi) is 6.41. The number of amides is 2. The Morgan fingerprint density at radius 3 is 2.48 bits per heavy atom. The maximum absolute atomic E-state index is 12.4. The third kappa shape index (κ3) is 5.77. The largest absolute Gasteiger partial charge is 0.337 e. The summed E-state index contributed by atoms with van der Waals surface area (Å²) < 4.78 is 27.5. The predicted molar refractivity (Wildman–Crippen MR) is 104 cm³/mol. The van der Waals surface area contributed by atoms with Gasteiger partial charge >= 0.3 is 6.03 Å². The number of benzene rings is 1. The lowest BCUT2D eigenvalue weighted by molar-refractivity contribution is 0.252. The zero-order chi connectivity index (χ0) is 19.1. The van der Waals surface area contributed by atoms with Crippen molar-refractivity contribution in [2.45, 2.75) is 43.0 Å². The summed E-state index contributed by atoms with van der Waals surface area (Å²) in [7, 11) is -3.52. The second-order valence-corrected chi connectivity index (χ2v) is 8.29. The summed E-state index contributed by atoms with van der Waals surface area (Å²) in [5.41, 5.74) is 1.44. The summed E-state index contributed by atoms with van der Waals surface area (Å²) in [5.74, 6) is 0. The molecule has 0 aliphatic heterocycles. The van der Waals surface area contributed by atoms with Crippen molar-refractivity contribution in [2.75, 3.05) is 11.9 Å². The summed E-state index contributed by atoms with van der Waals surface area (Å²) in [5, 5.41) is 5.45. The normalized spacial score (nSPS) is 14.8. The molecule has 1 saturated carbocycles. The van der Waals surface area contributed by atoms with Gasteiger partial charge in [0, 0.05) is 36.6 Å². The third-order valence-corrected chi connectivity index (χ3v) is 6.03.